The first-order valence-corrected chi connectivity index (χ1v) is 8.20. The molecule has 0 aliphatic heterocycles. The van der Waals surface area contributed by atoms with E-state index in [1.54, 1.807) is 36.4 Å². The number of carbonyl (C=O) groups excluding carboxylic acids is 2. The van der Waals surface area contributed by atoms with Crippen LogP contribution in [-0.4, -0.2) is 17.4 Å². The molecule has 0 unspecified atom stereocenters. The summed E-state index contributed by atoms with van der Waals surface area (Å²) >= 11 is 0. The number of nitrogens with one attached hydrogen (secondary N) is 2. The lowest BCUT2D eigenvalue weighted by atomic mass is 10.1. The number of hydrogen-bond acceptors (Lipinski definition) is 2. The molecule has 0 aromatic heterocycles. The van der Waals surface area contributed by atoms with Gasteiger partial charge in [0.15, 0.2) is 0 Å². The van der Waals surface area contributed by atoms with Crippen LogP contribution in [0.1, 0.15) is 43.1 Å². The minimum atomic E-state index is -0.369. The molecule has 2 rings (SSSR count). The van der Waals surface area contributed by atoms with Gasteiger partial charge in [-0.3, -0.25) is 9.59 Å². The maximum atomic E-state index is 13.2. The van der Waals surface area contributed by atoms with E-state index in [-0.39, 0.29) is 29.6 Å². The summed E-state index contributed by atoms with van der Waals surface area (Å²) < 4.78 is 13.2. The van der Waals surface area contributed by atoms with E-state index >= 15 is 0 Å². The van der Waals surface area contributed by atoms with Crippen LogP contribution in [-0.2, 0) is 11.2 Å². The van der Waals surface area contributed by atoms with Crippen LogP contribution >= 0.6 is 0 Å². The number of anilines is 1. The molecule has 25 heavy (non-hydrogen) atoms. The molecule has 5 heteroatoms. The van der Waals surface area contributed by atoms with Gasteiger partial charge >= 0.3 is 0 Å². The van der Waals surface area contributed by atoms with Crippen molar-refractivity contribution in [2.24, 2.45) is 0 Å². The second kappa shape index (κ2) is 7.92. The summed E-state index contributed by atoms with van der Waals surface area (Å²) in [4.78, 5) is 24.6. The topological polar surface area (TPSA) is 58.2 Å². The fraction of sp³-hybridized carbons (Fsp3) is 0.300. The molecule has 132 valence electrons. The summed E-state index contributed by atoms with van der Waals surface area (Å²) in [6, 6.07) is 13.1. The lowest BCUT2D eigenvalue weighted by molar-refractivity contribution is -0.116. The van der Waals surface area contributed by atoms with Gasteiger partial charge in [0.05, 0.1) is 11.3 Å². The summed E-state index contributed by atoms with van der Waals surface area (Å²) in [6.45, 7) is 5.68. The van der Waals surface area contributed by atoms with E-state index in [1.165, 1.54) is 12.1 Å². The highest BCUT2D eigenvalue weighted by molar-refractivity contribution is 6.04. The van der Waals surface area contributed by atoms with Crippen molar-refractivity contribution in [1.29, 1.82) is 0 Å². The van der Waals surface area contributed by atoms with Crippen molar-refractivity contribution in [1.82, 2.24) is 5.32 Å². The van der Waals surface area contributed by atoms with Gasteiger partial charge < -0.3 is 10.6 Å². The minimum absolute atomic E-state index is 0.207. The van der Waals surface area contributed by atoms with E-state index in [2.05, 4.69) is 10.6 Å². The van der Waals surface area contributed by atoms with Crippen molar-refractivity contribution in [3.05, 3.63) is 65.5 Å². The third kappa shape index (κ3) is 6.03. The molecule has 0 radical (unpaired) electrons. The van der Waals surface area contributed by atoms with Crippen molar-refractivity contribution >= 4 is 17.5 Å². The Labute approximate surface area is 147 Å². The van der Waals surface area contributed by atoms with E-state index in [4.69, 9.17) is 0 Å². The molecule has 2 aromatic rings. The minimum Gasteiger partial charge on any atom is -0.347 e. The van der Waals surface area contributed by atoms with Crippen LogP contribution in [0.5, 0.6) is 0 Å². The Hall–Kier alpha value is -2.69. The molecule has 0 saturated heterocycles. The molecule has 0 aliphatic carbocycles. The second-order valence-electron chi connectivity index (χ2n) is 6.93. The molecule has 4 nitrogen and oxygen atoms in total. The maximum Gasteiger partial charge on any atom is 0.253 e. The first-order chi connectivity index (χ1) is 11.7. The Kier molecular flexibility index (Phi) is 5.91. The van der Waals surface area contributed by atoms with Crippen molar-refractivity contribution in [2.75, 3.05) is 5.32 Å². The molecular weight excluding hydrogens is 319 g/mol. The standard InChI is InChI=1S/C20H23FN2O2/c1-20(2,3)23-19(25)16-9-4-5-10-17(16)22-18(24)12-11-14-7-6-8-15(21)13-14/h4-10,13H,11-12H2,1-3H3,(H,22,24)(H,23,25). The molecule has 0 spiro atoms. The highest BCUT2D eigenvalue weighted by Crippen LogP contribution is 2.17. The van der Waals surface area contributed by atoms with Crippen LogP contribution < -0.4 is 10.6 Å². The van der Waals surface area contributed by atoms with Crippen molar-refractivity contribution in [3.63, 3.8) is 0 Å². The summed E-state index contributed by atoms with van der Waals surface area (Å²) in [5, 5.41) is 5.65. The predicted molar refractivity (Wildman–Crippen MR) is 97.0 cm³/mol. The molecule has 0 aliphatic rings. The molecule has 0 saturated carbocycles. The highest BCUT2D eigenvalue weighted by atomic mass is 19.1. The van der Waals surface area contributed by atoms with Crippen molar-refractivity contribution in [3.8, 4) is 0 Å². The predicted octanol–water partition coefficient (Wildman–Crippen LogP) is 3.93. The largest absolute Gasteiger partial charge is 0.347 e. The van der Waals surface area contributed by atoms with E-state index < -0.39 is 0 Å². The number of benzene rings is 2. The number of amides is 2. The highest BCUT2D eigenvalue weighted by Gasteiger charge is 2.18. The molecule has 2 amide bonds. The van der Waals surface area contributed by atoms with E-state index in [9.17, 15) is 14.0 Å². The lowest BCUT2D eigenvalue weighted by Crippen LogP contribution is -2.40. The number of aryl methyl sites for hydroxylation is 1. The van der Waals surface area contributed by atoms with Gasteiger partial charge in [0, 0.05) is 12.0 Å². The normalized spacial score (nSPS) is 11.0. The van der Waals surface area contributed by atoms with Crippen LogP contribution in [0.15, 0.2) is 48.5 Å². The average Bonchev–Trinajstić information content (AvgIpc) is 2.52. The SMILES string of the molecule is CC(C)(C)NC(=O)c1ccccc1NC(=O)CCc1cccc(F)c1. The quantitative estimate of drug-likeness (QED) is 0.865. The van der Waals surface area contributed by atoms with Gasteiger partial charge in [-0.05, 0) is 57.0 Å². The van der Waals surface area contributed by atoms with Crippen molar-refractivity contribution in [2.45, 2.75) is 39.2 Å². The number of halogens is 1. The van der Waals surface area contributed by atoms with E-state index in [1.807, 2.05) is 20.8 Å². The fourth-order valence-electron chi connectivity index (χ4n) is 2.36. The Morgan fingerprint density at radius 2 is 1.76 bits per heavy atom. The number of rotatable bonds is 5. The third-order valence-corrected chi connectivity index (χ3v) is 3.46. The van der Waals surface area contributed by atoms with Gasteiger partial charge in [0.2, 0.25) is 5.91 Å². The summed E-state index contributed by atoms with van der Waals surface area (Å²) in [6.07, 6.45) is 0.638. The average molecular weight is 342 g/mol. The fourth-order valence-corrected chi connectivity index (χ4v) is 2.36. The Bertz CT molecular complexity index is 766. The molecule has 2 aromatic carbocycles. The summed E-state index contributed by atoms with van der Waals surface area (Å²) in [7, 11) is 0. The monoisotopic (exact) mass is 342 g/mol. The van der Waals surface area contributed by atoms with Crippen molar-refractivity contribution < 1.29 is 14.0 Å². The van der Waals surface area contributed by atoms with Gasteiger partial charge in [-0.1, -0.05) is 24.3 Å². The Morgan fingerprint density at radius 3 is 2.44 bits per heavy atom. The van der Waals surface area contributed by atoms with Gasteiger partial charge in [-0.25, -0.2) is 4.39 Å². The summed E-state index contributed by atoms with van der Waals surface area (Å²) in [5.41, 5.74) is 1.27. The zero-order chi connectivity index (χ0) is 18.4. The zero-order valence-electron chi connectivity index (χ0n) is 14.7. The second-order valence-corrected chi connectivity index (χ2v) is 6.93. The Balaban J connectivity index is 2.02. The van der Waals surface area contributed by atoms with Crippen LogP contribution in [0.3, 0.4) is 0 Å². The number of carbonyl (C=O) groups is 2. The molecule has 2 N–H and O–H groups in total. The molecule has 0 atom stereocenters. The zero-order valence-corrected chi connectivity index (χ0v) is 14.7. The van der Waals surface area contributed by atoms with Gasteiger partial charge in [-0.2, -0.15) is 0 Å². The van der Waals surface area contributed by atoms with Crippen LogP contribution in [0.2, 0.25) is 0 Å². The molecule has 0 heterocycles. The number of para-hydroxylation sites is 1. The van der Waals surface area contributed by atoms with Crippen LogP contribution in [0.25, 0.3) is 0 Å². The molecule has 0 bridgehead atoms. The van der Waals surface area contributed by atoms with E-state index in [0.29, 0.717) is 17.7 Å². The summed E-state index contributed by atoms with van der Waals surface area (Å²) in [5.74, 6) is -0.782. The number of hydrogen-bond donors (Lipinski definition) is 2. The third-order valence-electron chi connectivity index (χ3n) is 3.46. The molecular formula is C20H23FN2O2. The molecule has 0 fully saturated rings. The van der Waals surface area contributed by atoms with Gasteiger partial charge in [-0.15, -0.1) is 0 Å². The maximum absolute atomic E-state index is 13.2. The van der Waals surface area contributed by atoms with Crippen LogP contribution in [0.4, 0.5) is 10.1 Å². The van der Waals surface area contributed by atoms with E-state index in [0.717, 1.165) is 5.56 Å². The first-order valence-electron chi connectivity index (χ1n) is 8.20. The lowest BCUT2D eigenvalue weighted by Gasteiger charge is -2.21. The van der Waals surface area contributed by atoms with Gasteiger partial charge in [0.1, 0.15) is 5.82 Å². The van der Waals surface area contributed by atoms with Gasteiger partial charge in [0.25, 0.3) is 5.91 Å². The Morgan fingerprint density at radius 1 is 1.04 bits per heavy atom. The van der Waals surface area contributed by atoms with Crippen LogP contribution in [0, 0.1) is 5.82 Å². The first kappa shape index (κ1) is 18.6. The smallest absolute Gasteiger partial charge is 0.253 e.